The predicted molar refractivity (Wildman–Crippen MR) is 50.1 cm³/mol. The smallest absolute Gasteiger partial charge is 0.124 e. The Kier molecular flexibility index (Phi) is 4.05. The molecule has 5 atom stereocenters. The third-order valence-electron chi connectivity index (χ3n) is 2.71. The van der Waals surface area contributed by atoms with Crippen molar-refractivity contribution in [3.8, 4) is 0 Å². The van der Waals surface area contributed by atoms with Crippen LogP contribution in [0.5, 0.6) is 0 Å². The predicted octanol–water partition coefficient (Wildman–Crippen LogP) is -2.40. The quantitative estimate of drug-likeness (QED) is 0.364. The Morgan fingerprint density at radius 1 is 1.47 bits per heavy atom. The van der Waals surface area contributed by atoms with Gasteiger partial charge in [-0.05, 0) is 6.92 Å². The van der Waals surface area contributed by atoms with Crippen molar-refractivity contribution in [1.82, 2.24) is 0 Å². The first-order chi connectivity index (χ1) is 6.91. The summed E-state index contributed by atoms with van der Waals surface area (Å²) >= 11 is 0. The summed E-state index contributed by atoms with van der Waals surface area (Å²) in [6, 6.07) is 0. The molecular weight excluding hydrogens is 204 g/mol. The molecule has 1 rings (SSSR count). The second kappa shape index (κ2) is 4.73. The summed E-state index contributed by atoms with van der Waals surface area (Å²) in [4.78, 5) is 0. The van der Waals surface area contributed by atoms with Gasteiger partial charge in [-0.3, -0.25) is 0 Å². The van der Waals surface area contributed by atoms with Crippen LogP contribution in [0.25, 0.3) is 0 Å². The number of ether oxygens (including phenoxy) is 1. The fraction of sp³-hybridized carbons (Fsp3) is 1.00. The summed E-state index contributed by atoms with van der Waals surface area (Å²) in [6.07, 6.45) is -4.66. The summed E-state index contributed by atoms with van der Waals surface area (Å²) in [5.74, 6) is 0. The third-order valence-corrected chi connectivity index (χ3v) is 2.71. The van der Waals surface area contributed by atoms with Crippen LogP contribution in [0.15, 0.2) is 0 Å². The molecule has 1 heterocycles. The molecule has 0 radical (unpaired) electrons. The van der Waals surface area contributed by atoms with Crippen LogP contribution in [0.3, 0.4) is 0 Å². The van der Waals surface area contributed by atoms with E-state index in [9.17, 15) is 20.4 Å². The van der Waals surface area contributed by atoms with Gasteiger partial charge in [0, 0.05) is 6.42 Å². The lowest BCUT2D eigenvalue weighted by Crippen LogP contribution is -2.64. The summed E-state index contributed by atoms with van der Waals surface area (Å²) < 4.78 is 4.94. The molecule has 5 N–H and O–H groups in total. The maximum atomic E-state index is 10.0. The van der Waals surface area contributed by atoms with Crippen LogP contribution in [-0.4, -0.2) is 68.8 Å². The Morgan fingerprint density at radius 3 is 2.53 bits per heavy atom. The maximum absolute atomic E-state index is 10.0. The van der Waals surface area contributed by atoms with Gasteiger partial charge in [-0.2, -0.15) is 0 Å². The molecule has 0 aromatic heterocycles. The van der Waals surface area contributed by atoms with Gasteiger partial charge >= 0.3 is 0 Å². The summed E-state index contributed by atoms with van der Waals surface area (Å²) in [7, 11) is 0. The van der Waals surface area contributed by atoms with E-state index in [1.807, 2.05) is 0 Å². The van der Waals surface area contributed by atoms with E-state index in [0.29, 0.717) is 0 Å². The van der Waals surface area contributed by atoms with Crippen LogP contribution in [0.2, 0.25) is 0 Å². The lowest BCUT2D eigenvalue weighted by atomic mass is 9.81. The highest BCUT2D eigenvalue weighted by atomic mass is 16.5. The van der Waals surface area contributed by atoms with Gasteiger partial charge in [0.05, 0.1) is 19.3 Å². The van der Waals surface area contributed by atoms with E-state index in [2.05, 4.69) is 0 Å². The normalized spacial score (nSPS) is 44.0. The van der Waals surface area contributed by atoms with Crippen molar-refractivity contribution < 1.29 is 30.3 Å². The van der Waals surface area contributed by atoms with Crippen molar-refractivity contribution in [2.75, 3.05) is 13.2 Å². The van der Waals surface area contributed by atoms with Crippen molar-refractivity contribution in [2.45, 2.75) is 43.4 Å². The molecule has 90 valence electrons. The van der Waals surface area contributed by atoms with Crippen molar-refractivity contribution >= 4 is 0 Å². The lowest BCUT2D eigenvalue weighted by molar-refractivity contribution is -0.254. The number of rotatable bonds is 3. The van der Waals surface area contributed by atoms with Gasteiger partial charge in [-0.25, -0.2) is 0 Å². The van der Waals surface area contributed by atoms with Gasteiger partial charge in [0.2, 0.25) is 0 Å². The van der Waals surface area contributed by atoms with E-state index >= 15 is 0 Å². The monoisotopic (exact) mass is 222 g/mol. The van der Waals surface area contributed by atoms with Gasteiger partial charge in [0.15, 0.2) is 0 Å². The van der Waals surface area contributed by atoms with Crippen molar-refractivity contribution in [3.63, 3.8) is 0 Å². The molecule has 0 aromatic carbocycles. The Hall–Kier alpha value is -0.240. The lowest BCUT2D eigenvalue weighted by Gasteiger charge is -2.44. The molecule has 1 unspecified atom stereocenters. The van der Waals surface area contributed by atoms with E-state index in [0.717, 1.165) is 0 Å². The molecule has 1 aliphatic rings. The first-order valence-electron chi connectivity index (χ1n) is 4.91. The molecular formula is C9H18O6. The second-order valence-corrected chi connectivity index (χ2v) is 4.06. The molecule has 15 heavy (non-hydrogen) atoms. The summed E-state index contributed by atoms with van der Waals surface area (Å²) in [5.41, 5.74) is -1.83. The molecule has 6 heteroatoms. The number of aliphatic hydroxyl groups excluding tert-OH is 4. The topological polar surface area (TPSA) is 110 Å². The Bertz CT molecular complexity index is 209. The van der Waals surface area contributed by atoms with Crippen molar-refractivity contribution in [1.29, 1.82) is 0 Å². The Balaban J connectivity index is 2.80. The highest BCUT2D eigenvalue weighted by Gasteiger charge is 2.50. The molecule has 0 spiro atoms. The fourth-order valence-electron chi connectivity index (χ4n) is 1.85. The number of hydrogen-bond donors (Lipinski definition) is 5. The zero-order chi connectivity index (χ0) is 11.6. The number of hydrogen-bond acceptors (Lipinski definition) is 6. The van der Waals surface area contributed by atoms with Crippen LogP contribution in [0.1, 0.15) is 13.3 Å². The highest BCUT2D eigenvalue weighted by molar-refractivity contribution is 5.00. The Morgan fingerprint density at radius 2 is 2.07 bits per heavy atom. The average molecular weight is 222 g/mol. The maximum Gasteiger partial charge on any atom is 0.124 e. The van der Waals surface area contributed by atoms with Crippen LogP contribution in [0, 0.1) is 0 Å². The fourth-order valence-corrected chi connectivity index (χ4v) is 1.85. The molecule has 1 saturated heterocycles. The molecule has 1 fully saturated rings. The van der Waals surface area contributed by atoms with Gasteiger partial charge in [-0.1, -0.05) is 0 Å². The van der Waals surface area contributed by atoms with Gasteiger partial charge < -0.3 is 30.3 Å². The standard InChI is InChI=1S/C9H18O6/c1-5(11)2-9(14)7(12)4-15-6(3-10)8(9)13/h5-8,10-14H,2-4H2,1H3/t5?,6-,7+,8+,9+/m1/s1. The summed E-state index contributed by atoms with van der Waals surface area (Å²) in [6.45, 7) is 0.822. The first kappa shape index (κ1) is 12.8. The van der Waals surface area contributed by atoms with E-state index in [1.165, 1.54) is 6.92 Å². The van der Waals surface area contributed by atoms with E-state index in [-0.39, 0.29) is 13.0 Å². The molecule has 0 bridgehead atoms. The first-order valence-corrected chi connectivity index (χ1v) is 4.91. The van der Waals surface area contributed by atoms with E-state index in [1.54, 1.807) is 0 Å². The minimum atomic E-state index is -1.83. The van der Waals surface area contributed by atoms with Crippen molar-refractivity contribution in [2.24, 2.45) is 0 Å². The SMILES string of the molecule is CC(O)C[C@]1(O)[C@@H](O)CO[C@H](CO)[C@@H]1O. The average Bonchev–Trinajstić information content (AvgIpc) is 2.14. The molecule has 0 amide bonds. The second-order valence-electron chi connectivity index (χ2n) is 4.06. The van der Waals surface area contributed by atoms with Crippen LogP contribution in [-0.2, 0) is 4.74 Å². The van der Waals surface area contributed by atoms with Gasteiger partial charge in [0.25, 0.3) is 0 Å². The zero-order valence-corrected chi connectivity index (χ0v) is 8.58. The minimum Gasteiger partial charge on any atom is -0.394 e. The van der Waals surface area contributed by atoms with Crippen LogP contribution < -0.4 is 0 Å². The highest BCUT2D eigenvalue weighted by Crippen LogP contribution is 2.30. The largest absolute Gasteiger partial charge is 0.394 e. The van der Waals surface area contributed by atoms with E-state index < -0.39 is 36.6 Å². The van der Waals surface area contributed by atoms with Crippen LogP contribution in [0.4, 0.5) is 0 Å². The Labute approximate surface area is 87.7 Å². The van der Waals surface area contributed by atoms with Crippen LogP contribution >= 0.6 is 0 Å². The zero-order valence-electron chi connectivity index (χ0n) is 8.58. The third kappa shape index (κ3) is 2.47. The minimum absolute atomic E-state index is 0.171. The molecule has 6 nitrogen and oxygen atoms in total. The van der Waals surface area contributed by atoms with Crippen molar-refractivity contribution in [3.05, 3.63) is 0 Å². The van der Waals surface area contributed by atoms with E-state index in [4.69, 9.17) is 9.84 Å². The molecule has 0 aromatic rings. The van der Waals surface area contributed by atoms with Gasteiger partial charge in [-0.15, -0.1) is 0 Å². The van der Waals surface area contributed by atoms with Gasteiger partial charge in [0.1, 0.15) is 23.9 Å². The number of aliphatic hydroxyl groups is 5. The summed E-state index contributed by atoms with van der Waals surface area (Å²) in [5, 5.41) is 47.3. The molecule has 0 saturated carbocycles. The molecule has 0 aliphatic carbocycles. The molecule has 1 aliphatic heterocycles.